The van der Waals surface area contributed by atoms with E-state index in [-0.39, 0.29) is 0 Å². The summed E-state index contributed by atoms with van der Waals surface area (Å²) < 4.78 is 25.0. The fourth-order valence-electron chi connectivity index (χ4n) is 2.19. The Morgan fingerprint density at radius 1 is 1.22 bits per heavy atom. The van der Waals surface area contributed by atoms with Gasteiger partial charge >= 0.3 is 0 Å². The van der Waals surface area contributed by atoms with Crippen molar-refractivity contribution in [2.75, 3.05) is 13.2 Å². The van der Waals surface area contributed by atoms with Crippen molar-refractivity contribution in [2.24, 2.45) is 4.99 Å². The first-order chi connectivity index (χ1) is 8.75. The standard InChI is InChI=1S/C13H12FNO3/c14-10-7-12-11(17-4-1-5-18-12)6-9(10)13(2-3-13)15-8-16/h6-7H,1-5H2. The summed E-state index contributed by atoms with van der Waals surface area (Å²) in [5, 5.41) is 0. The van der Waals surface area contributed by atoms with Crippen LogP contribution in [0.25, 0.3) is 0 Å². The van der Waals surface area contributed by atoms with Gasteiger partial charge in [-0.05, 0) is 18.9 Å². The molecular weight excluding hydrogens is 237 g/mol. The molecule has 0 atom stereocenters. The number of halogens is 1. The number of hydrogen-bond acceptors (Lipinski definition) is 4. The number of aliphatic imine (C=N–C) groups is 1. The first kappa shape index (κ1) is 11.2. The Labute approximate surface area is 103 Å². The largest absolute Gasteiger partial charge is 0.490 e. The van der Waals surface area contributed by atoms with Crippen LogP contribution >= 0.6 is 0 Å². The molecule has 94 valence electrons. The molecule has 1 aromatic rings. The predicted molar refractivity (Wildman–Crippen MR) is 61.0 cm³/mol. The van der Waals surface area contributed by atoms with Gasteiger partial charge in [0.15, 0.2) is 11.5 Å². The average molecular weight is 249 g/mol. The van der Waals surface area contributed by atoms with E-state index >= 15 is 0 Å². The lowest BCUT2D eigenvalue weighted by Gasteiger charge is -2.14. The van der Waals surface area contributed by atoms with E-state index < -0.39 is 11.4 Å². The zero-order chi connectivity index (χ0) is 12.6. The lowest BCUT2D eigenvalue weighted by atomic mass is 10.0. The average Bonchev–Trinajstić information content (AvgIpc) is 3.13. The van der Waals surface area contributed by atoms with Crippen LogP contribution in [-0.2, 0) is 10.3 Å². The van der Waals surface area contributed by atoms with E-state index in [2.05, 4.69) is 4.99 Å². The molecule has 5 heteroatoms. The molecule has 0 N–H and O–H groups in total. The first-order valence-electron chi connectivity index (χ1n) is 5.94. The Hall–Kier alpha value is -1.87. The van der Waals surface area contributed by atoms with Crippen LogP contribution in [0.3, 0.4) is 0 Å². The molecular formula is C13H12FNO3. The zero-order valence-corrected chi connectivity index (χ0v) is 9.74. The van der Waals surface area contributed by atoms with E-state index in [1.165, 1.54) is 12.1 Å². The van der Waals surface area contributed by atoms with Crippen LogP contribution in [0.4, 0.5) is 4.39 Å². The van der Waals surface area contributed by atoms with Gasteiger partial charge in [-0.3, -0.25) is 0 Å². The van der Waals surface area contributed by atoms with Crippen molar-refractivity contribution in [1.29, 1.82) is 0 Å². The molecule has 1 aliphatic carbocycles. The molecule has 3 rings (SSSR count). The maximum atomic E-state index is 14.0. The summed E-state index contributed by atoms with van der Waals surface area (Å²) in [6, 6.07) is 2.92. The van der Waals surface area contributed by atoms with Crippen LogP contribution < -0.4 is 9.47 Å². The number of hydrogen-bond donors (Lipinski definition) is 0. The molecule has 1 aliphatic heterocycles. The Bertz CT molecular complexity index is 533. The summed E-state index contributed by atoms with van der Waals surface area (Å²) in [6.45, 7) is 1.06. The van der Waals surface area contributed by atoms with E-state index in [0.717, 1.165) is 6.42 Å². The second kappa shape index (κ2) is 4.10. The van der Waals surface area contributed by atoms with E-state index in [1.54, 1.807) is 6.07 Å². The quantitative estimate of drug-likeness (QED) is 0.597. The fraction of sp³-hybridized carbons (Fsp3) is 0.462. The molecule has 2 aliphatic rings. The lowest BCUT2D eigenvalue weighted by molar-refractivity contribution is 0.296. The summed E-state index contributed by atoms with van der Waals surface area (Å²) in [4.78, 5) is 14.1. The van der Waals surface area contributed by atoms with Gasteiger partial charge in [-0.25, -0.2) is 9.18 Å². The lowest BCUT2D eigenvalue weighted by Crippen LogP contribution is -2.07. The highest BCUT2D eigenvalue weighted by atomic mass is 19.1. The topological polar surface area (TPSA) is 47.9 Å². The van der Waals surface area contributed by atoms with Crippen LogP contribution in [0.1, 0.15) is 24.8 Å². The third-order valence-electron chi connectivity index (χ3n) is 3.32. The Balaban J connectivity index is 2.06. The molecule has 0 spiro atoms. The van der Waals surface area contributed by atoms with E-state index in [9.17, 15) is 9.18 Å². The van der Waals surface area contributed by atoms with E-state index in [4.69, 9.17) is 9.47 Å². The highest BCUT2D eigenvalue weighted by molar-refractivity contribution is 5.49. The van der Waals surface area contributed by atoms with Crippen LogP contribution in [-0.4, -0.2) is 19.3 Å². The van der Waals surface area contributed by atoms with Gasteiger partial charge < -0.3 is 9.47 Å². The molecule has 0 unspecified atom stereocenters. The Kier molecular flexibility index (Phi) is 2.56. The molecule has 4 nitrogen and oxygen atoms in total. The van der Waals surface area contributed by atoms with Crippen LogP contribution in [0.2, 0.25) is 0 Å². The van der Waals surface area contributed by atoms with Crippen molar-refractivity contribution in [1.82, 2.24) is 0 Å². The van der Waals surface area contributed by atoms with Crippen molar-refractivity contribution in [3.8, 4) is 11.5 Å². The van der Waals surface area contributed by atoms with Gasteiger partial charge in [0.05, 0.1) is 13.2 Å². The minimum Gasteiger partial charge on any atom is -0.490 e. The number of nitrogens with zero attached hydrogens (tertiary/aromatic N) is 1. The number of fused-ring (bicyclic) bond motifs is 1. The summed E-state index contributed by atoms with van der Waals surface area (Å²) >= 11 is 0. The van der Waals surface area contributed by atoms with Gasteiger partial charge in [-0.15, -0.1) is 0 Å². The molecule has 0 saturated heterocycles. The minimum absolute atomic E-state index is 0.398. The second-order valence-electron chi connectivity index (χ2n) is 4.56. The number of benzene rings is 1. The fourth-order valence-corrected chi connectivity index (χ4v) is 2.19. The summed E-state index contributed by atoms with van der Waals surface area (Å²) in [5.74, 6) is 0.534. The maximum Gasteiger partial charge on any atom is 0.235 e. The second-order valence-corrected chi connectivity index (χ2v) is 4.56. The van der Waals surface area contributed by atoms with E-state index in [1.807, 2.05) is 0 Å². The molecule has 1 heterocycles. The summed E-state index contributed by atoms with van der Waals surface area (Å²) in [6.07, 6.45) is 3.62. The molecule has 18 heavy (non-hydrogen) atoms. The van der Waals surface area contributed by atoms with E-state index in [0.29, 0.717) is 43.1 Å². The number of rotatable bonds is 2. The molecule has 0 bridgehead atoms. The van der Waals surface area contributed by atoms with Gasteiger partial charge in [-0.1, -0.05) is 0 Å². The Morgan fingerprint density at radius 2 is 1.89 bits per heavy atom. The summed E-state index contributed by atoms with van der Waals surface area (Å²) in [5.41, 5.74) is -0.327. The van der Waals surface area contributed by atoms with Crippen molar-refractivity contribution in [2.45, 2.75) is 24.8 Å². The van der Waals surface area contributed by atoms with Crippen molar-refractivity contribution in [3.05, 3.63) is 23.5 Å². The van der Waals surface area contributed by atoms with Crippen LogP contribution in [0.15, 0.2) is 17.1 Å². The highest BCUT2D eigenvalue weighted by Gasteiger charge is 2.47. The molecule has 1 saturated carbocycles. The van der Waals surface area contributed by atoms with Gasteiger partial charge in [0, 0.05) is 18.1 Å². The minimum atomic E-state index is -0.726. The normalized spacial score (nSPS) is 19.6. The third kappa shape index (κ3) is 1.77. The van der Waals surface area contributed by atoms with Gasteiger partial charge in [0.1, 0.15) is 11.4 Å². The molecule has 1 aromatic carbocycles. The van der Waals surface area contributed by atoms with Gasteiger partial charge in [0.2, 0.25) is 6.08 Å². The maximum absolute atomic E-state index is 14.0. The number of isocyanates is 1. The monoisotopic (exact) mass is 249 g/mol. The Morgan fingerprint density at radius 3 is 2.50 bits per heavy atom. The van der Waals surface area contributed by atoms with Crippen LogP contribution in [0, 0.1) is 5.82 Å². The predicted octanol–water partition coefficient (Wildman–Crippen LogP) is 2.31. The summed E-state index contributed by atoms with van der Waals surface area (Å²) in [7, 11) is 0. The number of carbonyl (C=O) groups excluding carboxylic acids is 1. The molecule has 0 amide bonds. The van der Waals surface area contributed by atoms with Crippen LogP contribution in [0.5, 0.6) is 11.5 Å². The number of ether oxygens (including phenoxy) is 2. The van der Waals surface area contributed by atoms with Gasteiger partial charge in [0.25, 0.3) is 0 Å². The molecule has 1 fully saturated rings. The smallest absolute Gasteiger partial charge is 0.235 e. The third-order valence-corrected chi connectivity index (χ3v) is 3.32. The zero-order valence-electron chi connectivity index (χ0n) is 9.74. The van der Waals surface area contributed by atoms with Gasteiger partial charge in [-0.2, -0.15) is 4.99 Å². The molecule has 0 radical (unpaired) electrons. The SMILES string of the molecule is O=C=NC1(c2cc3c(cc2F)OCCCO3)CC1. The first-order valence-corrected chi connectivity index (χ1v) is 5.94. The molecule has 0 aromatic heterocycles. The van der Waals surface area contributed by atoms with Crippen molar-refractivity contribution < 1.29 is 18.7 Å². The van der Waals surface area contributed by atoms with Crippen molar-refractivity contribution >= 4 is 6.08 Å². The highest BCUT2D eigenvalue weighted by Crippen LogP contribution is 2.52. The van der Waals surface area contributed by atoms with Crippen molar-refractivity contribution in [3.63, 3.8) is 0 Å².